The molecule has 0 aromatic heterocycles. The first-order valence-electron chi connectivity index (χ1n) is 9.26. The van der Waals surface area contributed by atoms with Gasteiger partial charge in [0.15, 0.2) is 0 Å². The zero-order chi connectivity index (χ0) is 20.1. The van der Waals surface area contributed by atoms with Crippen LogP contribution >= 0.6 is 11.6 Å². The number of rotatable bonds is 6. The summed E-state index contributed by atoms with van der Waals surface area (Å²) in [4.78, 5) is 12.4. The average Bonchev–Trinajstić information content (AvgIpc) is 2.68. The van der Waals surface area contributed by atoms with Gasteiger partial charge in [-0.25, -0.2) is 8.42 Å². The summed E-state index contributed by atoms with van der Waals surface area (Å²) < 4.78 is 27.5. The van der Waals surface area contributed by atoms with Gasteiger partial charge in [-0.1, -0.05) is 30.2 Å². The minimum Gasteiger partial charge on any atom is -0.376 e. The molecule has 150 valence electrons. The summed E-state index contributed by atoms with van der Waals surface area (Å²) in [7, 11) is -3.53. The molecule has 1 aliphatic heterocycles. The van der Waals surface area contributed by atoms with Crippen LogP contribution in [-0.2, 0) is 14.8 Å². The van der Waals surface area contributed by atoms with Gasteiger partial charge in [-0.2, -0.15) is 4.31 Å². The molecule has 6 nitrogen and oxygen atoms in total. The lowest BCUT2D eigenvalue weighted by atomic mass is 10.2. The Hall–Kier alpha value is -2.09. The number of nitrogens with one attached hydrogen (secondary N) is 2. The fourth-order valence-electron chi connectivity index (χ4n) is 3.19. The fraction of sp³-hybridized carbons (Fsp3) is 0.350. The first-order valence-corrected chi connectivity index (χ1v) is 11.1. The van der Waals surface area contributed by atoms with E-state index in [0.717, 1.165) is 19.3 Å². The Morgan fingerprint density at radius 3 is 2.54 bits per heavy atom. The number of benzene rings is 2. The number of halogens is 1. The number of hydrogen-bond donors (Lipinski definition) is 2. The van der Waals surface area contributed by atoms with Crippen molar-refractivity contribution < 1.29 is 13.2 Å². The molecule has 0 atom stereocenters. The standard InChI is InChI=1S/C20H24ClN3O3S/c1-15-8-9-17(13-19(15)28(26,27)24-10-3-2-4-11-24)22-14-20(25)23-18-7-5-6-16(21)12-18/h5-9,12-13,22H,2-4,10-11,14H2,1H3,(H,23,25). The Bertz CT molecular complexity index is 957. The molecule has 8 heteroatoms. The van der Waals surface area contributed by atoms with Crippen LogP contribution in [0.25, 0.3) is 0 Å². The van der Waals surface area contributed by atoms with Crippen LogP contribution in [0.3, 0.4) is 0 Å². The first kappa shape index (κ1) is 20.6. The zero-order valence-electron chi connectivity index (χ0n) is 15.7. The predicted octanol–water partition coefficient (Wildman–Crippen LogP) is 3.87. The third-order valence-corrected chi connectivity index (χ3v) is 6.96. The van der Waals surface area contributed by atoms with Gasteiger partial charge in [0.2, 0.25) is 15.9 Å². The molecule has 0 bridgehead atoms. The smallest absolute Gasteiger partial charge is 0.243 e. The maximum atomic E-state index is 13.0. The van der Waals surface area contributed by atoms with Gasteiger partial charge in [-0.15, -0.1) is 0 Å². The van der Waals surface area contributed by atoms with E-state index < -0.39 is 10.0 Å². The number of hydrogen-bond acceptors (Lipinski definition) is 4. The molecule has 0 saturated carbocycles. The summed E-state index contributed by atoms with van der Waals surface area (Å²) in [6.07, 6.45) is 2.84. The Morgan fingerprint density at radius 1 is 1.07 bits per heavy atom. The van der Waals surface area contributed by atoms with Gasteiger partial charge < -0.3 is 10.6 Å². The number of carbonyl (C=O) groups is 1. The molecule has 1 aliphatic rings. The van der Waals surface area contributed by atoms with Gasteiger partial charge in [-0.3, -0.25) is 4.79 Å². The molecule has 0 unspecified atom stereocenters. The molecular weight excluding hydrogens is 398 g/mol. The summed E-state index contributed by atoms with van der Waals surface area (Å²) in [6, 6.07) is 12.0. The van der Waals surface area contributed by atoms with E-state index in [-0.39, 0.29) is 17.3 Å². The Balaban J connectivity index is 1.68. The van der Waals surface area contributed by atoms with Crippen molar-refractivity contribution in [1.29, 1.82) is 0 Å². The van der Waals surface area contributed by atoms with Gasteiger partial charge in [0.1, 0.15) is 0 Å². The number of carbonyl (C=O) groups excluding carboxylic acids is 1. The largest absolute Gasteiger partial charge is 0.376 e. The maximum absolute atomic E-state index is 13.0. The van der Waals surface area contributed by atoms with Crippen LogP contribution < -0.4 is 10.6 Å². The molecule has 2 aromatic carbocycles. The van der Waals surface area contributed by atoms with Crippen molar-refractivity contribution in [2.45, 2.75) is 31.1 Å². The molecule has 0 aliphatic carbocycles. The van der Waals surface area contributed by atoms with E-state index in [4.69, 9.17) is 11.6 Å². The summed E-state index contributed by atoms with van der Waals surface area (Å²) >= 11 is 5.91. The minimum absolute atomic E-state index is 0.0127. The van der Waals surface area contributed by atoms with Crippen molar-refractivity contribution in [2.24, 2.45) is 0 Å². The molecule has 0 spiro atoms. The Kier molecular flexibility index (Phi) is 6.59. The van der Waals surface area contributed by atoms with Gasteiger partial charge in [0.25, 0.3) is 0 Å². The quantitative estimate of drug-likeness (QED) is 0.742. The number of piperidine rings is 1. The molecule has 3 rings (SSSR count). The van der Waals surface area contributed by atoms with Gasteiger partial charge in [0, 0.05) is 29.5 Å². The van der Waals surface area contributed by atoms with E-state index in [9.17, 15) is 13.2 Å². The van der Waals surface area contributed by atoms with Crippen molar-refractivity contribution in [3.63, 3.8) is 0 Å². The van der Waals surface area contributed by atoms with Crippen molar-refractivity contribution in [2.75, 3.05) is 30.3 Å². The molecule has 2 N–H and O–H groups in total. The average molecular weight is 422 g/mol. The summed E-state index contributed by atoms with van der Waals surface area (Å²) in [6.45, 7) is 2.91. The van der Waals surface area contributed by atoms with Crippen LogP contribution in [0.15, 0.2) is 47.4 Å². The van der Waals surface area contributed by atoms with Crippen LogP contribution in [0.2, 0.25) is 5.02 Å². The van der Waals surface area contributed by atoms with Gasteiger partial charge >= 0.3 is 0 Å². The number of amides is 1. The Labute approximate surface area is 170 Å². The van der Waals surface area contributed by atoms with E-state index in [2.05, 4.69) is 10.6 Å². The molecule has 0 radical (unpaired) electrons. The molecule has 28 heavy (non-hydrogen) atoms. The van der Waals surface area contributed by atoms with E-state index in [1.54, 1.807) is 53.7 Å². The van der Waals surface area contributed by atoms with Crippen LogP contribution in [-0.4, -0.2) is 38.3 Å². The van der Waals surface area contributed by atoms with Gasteiger partial charge in [-0.05, 0) is 55.7 Å². The minimum atomic E-state index is -3.53. The third-order valence-electron chi connectivity index (χ3n) is 4.68. The first-order chi connectivity index (χ1) is 13.4. The predicted molar refractivity (Wildman–Crippen MR) is 112 cm³/mol. The lowest BCUT2D eigenvalue weighted by molar-refractivity contribution is -0.114. The van der Waals surface area contributed by atoms with Crippen molar-refractivity contribution in [3.05, 3.63) is 53.1 Å². The van der Waals surface area contributed by atoms with Crippen LogP contribution in [0.5, 0.6) is 0 Å². The van der Waals surface area contributed by atoms with Crippen LogP contribution in [0, 0.1) is 6.92 Å². The van der Waals surface area contributed by atoms with Crippen molar-refractivity contribution in [1.82, 2.24) is 4.31 Å². The lowest BCUT2D eigenvalue weighted by Crippen LogP contribution is -2.36. The zero-order valence-corrected chi connectivity index (χ0v) is 17.3. The van der Waals surface area contributed by atoms with Crippen molar-refractivity contribution >= 4 is 38.9 Å². The number of anilines is 2. The summed E-state index contributed by atoms with van der Waals surface area (Å²) in [5.41, 5.74) is 1.89. The number of sulfonamides is 1. The summed E-state index contributed by atoms with van der Waals surface area (Å²) in [5, 5.41) is 6.28. The fourth-order valence-corrected chi connectivity index (χ4v) is 5.14. The van der Waals surface area contributed by atoms with Crippen LogP contribution in [0.1, 0.15) is 24.8 Å². The van der Waals surface area contributed by atoms with Crippen molar-refractivity contribution in [3.8, 4) is 0 Å². The van der Waals surface area contributed by atoms with E-state index in [1.165, 1.54) is 0 Å². The number of aryl methyl sites for hydroxylation is 1. The van der Waals surface area contributed by atoms with Crippen LogP contribution in [0.4, 0.5) is 11.4 Å². The molecule has 2 aromatic rings. The van der Waals surface area contributed by atoms with E-state index in [0.29, 0.717) is 35.1 Å². The third kappa shape index (κ3) is 5.04. The monoisotopic (exact) mass is 421 g/mol. The second-order valence-electron chi connectivity index (χ2n) is 6.86. The molecular formula is C20H24ClN3O3S. The molecule has 1 fully saturated rings. The maximum Gasteiger partial charge on any atom is 0.243 e. The topological polar surface area (TPSA) is 78.5 Å². The van der Waals surface area contributed by atoms with E-state index in [1.807, 2.05) is 0 Å². The second kappa shape index (κ2) is 8.94. The molecule has 1 heterocycles. The lowest BCUT2D eigenvalue weighted by Gasteiger charge is -2.26. The highest BCUT2D eigenvalue weighted by Crippen LogP contribution is 2.26. The Morgan fingerprint density at radius 2 is 1.82 bits per heavy atom. The molecule has 1 saturated heterocycles. The second-order valence-corrected chi connectivity index (χ2v) is 9.20. The summed E-state index contributed by atoms with van der Waals surface area (Å²) in [5.74, 6) is -0.247. The normalized spacial score (nSPS) is 15.2. The SMILES string of the molecule is Cc1ccc(NCC(=O)Nc2cccc(Cl)c2)cc1S(=O)(=O)N1CCCCC1. The van der Waals surface area contributed by atoms with Gasteiger partial charge in [0.05, 0.1) is 11.4 Å². The highest BCUT2D eigenvalue weighted by atomic mass is 35.5. The molecule has 1 amide bonds. The highest BCUT2D eigenvalue weighted by molar-refractivity contribution is 7.89. The van der Waals surface area contributed by atoms with E-state index >= 15 is 0 Å². The highest BCUT2D eigenvalue weighted by Gasteiger charge is 2.27. The number of nitrogens with zero attached hydrogens (tertiary/aromatic N) is 1.